The number of nitrogens with one attached hydrogen (secondary N) is 1. The molecule has 2 unspecified atom stereocenters. The minimum absolute atomic E-state index is 0.403. The van der Waals surface area contributed by atoms with Crippen LogP contribution in [0.25, 0.3) is 0 Å². The lowest BCUT2D eigenvalue weighted by atomic mass is 9.99. The van der Waals surface area contributed by atoms with Crippen molar-refractivity contribution in [2.75, 3.05) is 6.54 Å². The molecule has 1 fully saturated rings. The van der Waals surface area contributed by atoms with E-state index in [1.54, 1.807) is 0 Å². The van der Waals surface area contributed by atoms with E-state index < -0.39 is 46.8 Å². The Hall–Kier alpha value is -1.21. The molecule has 1 aliphatic heterocycles. The summed E-state index contributed by atoms with van der Waals surface area (Å²) in [7, 11) is 0. The number of rotatable bonds is 2. The predicted molar refractivity (Wildman–Crippen MR) is 63.6 cm³/mol. The maximum atomic E-state index is 13.4. The van der Waals surface area contributed by atoms with Crippen LogP contribution in [0, 0.1) is 29.1 Å². The van der Waals surface area contributed by atoms with Crippen molar-refractivity contribution in [3.05, 3.63) is 34.6 Å². The number of hydrogen-bond acceptors (Lipinski definition) is 2. The van der Waals surface area contributed by atoms with Gasteiger partial charge in [0, 0.05) is 6.04 Å². The van der Waals surface area contributed by atoms with Gasteiger partial charge in [0.25, 0.3) is 0 Å². The van der Waals surface area contributed by atoms with E-state index in [1.165, 1.54) is 0 Å². The number of aliphatic hydroxyl groups is 1. The molecular weight excluding hydrogens is 281 g/mol. The highest BCUT2D eigenvalue weighted by Gasteiger charge is 2.34. The quantitative estimate of drug-likeness (QED) is 0.499. The molecule has 2 nitrogen and oxygen atoms in total. The summed E-state index contributed by atoms with van der Waals surface area (Å²) in [4.78, 5) is 0. The molecule has 0 amide bonds. The molecule has 1 aromatic rings. The Morgan fingerprint density at radius 1 is 0.950 bits per heavy atom. The maximum Gasteiger partial charge on any atom is 0.200 e. The van der Waals surface area contributed by atoms with Crippen molar-refractivity contribution in [1.82, 2.24) is 5.32 Å². The first-order valence-electron chi connectivity index (χ1n) is 6.38. The molecule has 1 aromatic carbocycles. The Kier molecular flexibility index (Phi) is 5.88. The number of hydrogen-bond donors (Lipinski definition) is 2. The van der Waals surface area contributed by atoms with Gasteiger partial charge in [-0.05, 0) is 19.4 Å². The van der Waals surface area contributed by atoms with Crippen LogP contribution in [0.4, 0.5) is 22.0 Å². The van der Waals surface area contributed by atoms with Gasteiger partial charge in [0.1, 0.15) is 6.10 Å². The lowest BCUT2D eigenvalue weighted by Crippen LogP contribution is -2.30. The summed E-state index contributed by atoms with van der Waals surface area (Å²) in [6.45, 7) is 4.52. The fourth-order valence-corrected chi connectivity index (χ4v) is 2.06. The van der Waals surface area contributed by atoms with Gasteiger partial charge in [0.05, 0.1) is 5.56 Å². The molecule has 2 atom stereocenters. The number of benzene rings is 1. The largest absolute Gasteiger partial charge is 0.387 e. The van der Waals surface area contributed by atoms with Crippen LogP contribution in [0.15, 0.2) is 0 Å². The van der Waals surface area contributed by atoms with Crippen molar-refractivity contribution >= 4 is 0 Å². The molecule has 0 aliphatic carbocycles. The first-order valence-corrected chi connectivity index (χ1v) is 6.38. The third kappa shape index (κ3) is 2.93. The van der Waals surface area contributed by atoms with E-state index in [4.69, 9.17) is 0 Å². The van der Waals surface area contributed by atoms with Crippen molar-refractivity contribution in [2.45, 2.75) is 38.8 Å². The van der Waals surface area contributed by atoms with Crippen molar-refractivity contribution in [3.63, 3.8) is 0 Å². The second-order valence-electron chi connectivity index (χ2n) is 4.13. The Balaban J connectivity index is 0.000000956. The van der Waals surface area contributed by atoms with Crippen LogP contribution in [0.2, 0.25) is 0 Å². The van der Waals surface area contributed by atoms with Crippen LogP contribution >= 0.6 is 0 Å². The van der Waals surface area contributed by atoms with Gasteiger partial charge in [0.2, 0.25) is 5.82 Å². The molecular formula is C13H16F5NO. The van der Waals surface area contributed by atoms with Crippen LogP contribution in [0.3, 0.4) is 0 Å². The standard InChI is InChI=1S/C11H10F5NO.C2H6/c12-6-5(11(18)4-2-1-3-17-4)7(13)9(15)10(16)8(6)14;1-2/h4,11,17-18H,1-3H2;1-2H3. The van der Waals surface area contributed by atoms with E-state index in [0.717, 1.165) is 0 Å². The summed E-state index contributed by atoms with van der Waals surface area (Å²) in [5.41, 5.74) is -1.18. The van der Waals surface area contributed by atoms with Crippen molar-refractivity contribution < 1.29 is 27.1 Å². The van der Waals surface area contributed by atoms with Crippen LogP contribution in [0.5, 0.6) is 0 Å². The normalized spacial score (nSPS) is 19.5. The molecule has 7 heteroatoms. The zero-order chi connectivity index (χ0) is 15.4. The van der Waals surface area contributed by atoms with Crippen LogP contribution in [0.1, 0.15) is 38.4 Å². The van der Waals surface area contributed by atoms with E-state index in [1.807, 2.05) is 13.8 Å². The second kappa shape index (κ2) is 6.99. The summed E-state index contributed by atoms with van der Waals surface area (Å²) in [5.74, 6) is -10.3. The van der Waals surface area contributed by atoms with Gasteiger partial charge in [-0.3, -0.25) is 0 Å². The summed E-state index contributed by atoms with van der Waals surface area (Å²) in [6, 6.07) is -0.710. The van der Waals surface area contributed by atoms with Crippen molar-refractivity contribution in [2.24, 2.45) is 0 Å². The van der Waals surface area contributed by atoms with Gasteiger partial charge in [-0.2, -0.15) is 0 Å². The minimum Gasteiger partial charge on any atom is -0.387 e. The van der Waals surface area contributed by atoms with E-state index in [9.17, 15) is 27.1 Å². The molecule has 1 heterocycles. The molecule has 0 aromatic heterocycles. The molecule has 114 valence electrons. The van der Waals surface area contributed by atoms with Crippen LogP contribution < -0.4 is 5.32 Å². The molecule has 0 spiro atoms. The second-order valence-corrected chi connectivity index (χ2v) is 4.13. The highest BCUT2D eigenvalue weighted by atomic mass is 19.2. The Morgan fingerprint density at radius 3 is 1.80 bits per heavy atom. The lowest BCUT2D eigenvalue weighted by Gasteiger charge is -2.20. The summed E-state index contributed by atoms with van der Waals surface area (Å²) in [5, 5.41) is 12.5. The minimum atomic E-state index is -2.22. The zero-order valence-electron chi connectivity index (χ0n) is 11.1. The lowest BCUT2D eigenvalue weighted by molar-refractivity contribution is 0.125. The first-order chi connectivity index (χ1) is 9.45. The van der Waals surface area contributed by atoms with Gasteiger partial charge in [-0.1, -0.05) is 13.8 Å². The summed E-state index contributed by atoms with van der Waals surface area (Å²) in [6.07, 6.45) is -0.699. The fourth-order valence-electron chi connectivity index (χ4n) is 2.06. The zero-order valence-corrected chi connectivity index (χ0v) is 11.1. The van der Waals surface area contributed by atoms with E-state index in [-0.39, 0.29) is 0 Å². The first kappa shape index (κ1) is 16.8. The van der Waals surface area contributed by atoms with Crippen molar-refractivity contribution in [1.29, 1.82) is 0 Å². The Morgan fingerprint density at radius 2 is 1.40 bits per heavy atom. The van der Waals surface area contributed by atoms with Gasteiger partial charge in [0.15, 0.2) is 23.3 Å². The summed E-state index contributed by atoms with van der Waals surface area (Å²) >= 11 is 0. The van der Waals surface area contributed by atoms with Gasteiger partial charge >= 0.3 is 0 Å². The fraction of sp³-hybridized carbons (Fsp3) is 0.538. The van der Waals surface area contributed by atoms with E-state index in [0.29, 0.717) is 19.4 Å². The number of halogens is 5. The van der Waals surface area contributed by atoms with Crippen LogP contribution in [-0.2, 0) is 0 Å². The van der Waals surface area contributed by atoms with Crippen molar-refractivity contribution in [3.8, 4) is 0 Å². The smallest absolute Gasteiger partial charge is 0.200 e. The average Bonchev–Trinajstić information content (AvgIpc) is 2.99. The molecule has 0 bridgehead atoms. The maximum absolute atomic E-state index is 13.4. The van der Waals surface area contributed by atoms with Crippen LogP contribution in [-0.4, -0.2) is 17.7 Å². The third-order valence-electron chi connectivity index (χ3n) is 3.02. The molecule has 0 saturated carbocycles. The molecule has 20 heavy (non-hydrogen) atoms. The van der Waals surface area contributed by atoms with E-state index >= 15 is 0 Å². The molecule has 2 N–H and O–H groups in total. The third-order valence-corrected chi connectivity index (χ3v) is 3.02. The Labute approximate surface area is 113 Å². The highest BCUT2D eigenvalue weighted by molar-refractivity contribution is 5.27. The predicted octanol–water partition coefficient (Wildman–Crippen LogP) is 3.19. The SMILES string of the molecule is CC.OC(c1c(F)c(F)c(F)c(F)c1F)C1CCCN1. The molecule has 0 radical (unpaired) electrons. The Bertz CT molecular complexity index is 445. The van der Waals surface area contributed by atoms with Gasteiger partial charge < -0.3 is 10.4 Å². The van der Waals surface area contributed by atoms with Gasteiger partial charge in [-0.25, -0.2) is 22.0 Å². The van der Waals surface area contributed by atoms with Gasteiger partial charge in [-0.15, -0.1) is 0 Å². The number of aliphatic hydroxyl groups excluding tert-OH is 1. The highest BCUT2D eigenvalue weighted by Crippen LogP contribution is 2.31. The molecule has 2 rings (SSSR count). The summed E-state index contributed by atoms with van der Waals surface area (Å²) < 4.78 is 65.5. The molecule has 1 aliphatic rings. The average molecular weight is 297 g/mol. The molecule has 1 saturated heterocycles. The topological polar surface area (TPSA) is 32.3 Å². The van der Waals surface area contributed by atoms with E-state index in [2.05, 4.69) is 5.32 Å². The monoisotopic (exact) mass is 297 g/mol.